The molecule has 2 nitrogen and oxygen atoms in total. The predicted octanol–water partition coefficient (Wildman–Crippen LogP) is 2.89. The first-order valence-corrected chi connectivity index (χ1v) is 8.84. The van der Waals surface area contributed by atoms with E-state index in [4.69, 9.17) is 0 Å². The molecule has 0 aromatic rings. The van der Waals surface area contributed by atoms with Gasteiger partial charge in [0.15, 0.2) is 0 Å². The molecule has 0 aromatic carbocycles. The van der Waals surface area contributed by atoms with E-state index in [1.807, 2.05) is 0 Å². The summed E-state index contributed by atoms with van der Waals surface area (Å²) in [6.45, 7) is 5.24. The second-order valence-electron chi connectivity index (χ2n) is 7.81. The molecule has 0 unspecified atom stereocenters. The summed E-state index contributed by atoms with van der Waals surface area (Å²) in [5, 5.41) is 3.97. The van der Waals surface area contributed by atoms with Gasteiger partial charge in [-0.05, 0) is 81.7 Å². The molecule has 19 heavy (non-hydrogen) atoms. The van der Waals surface area contributed by atoms with Crippen molar-refractivity contribution in [2.45, 2.75) is 57.4 Å². The van der Waals surface area contributed by atoms with Crippen LogP contribution in [-0.2, 0) is 0 Å². The summed E-state index contributed by atoms with van der Waals surface area (Å²) in [6, 6.07) is 0.887. The fourth-order valence-electron chi connectivity index (χ4n) is 5.83. The number of rotatable bonds is 4. The standard InChI is InChI=1S/C17H30N2/c1-2-5-19(6-3-1)7-4-18-17-15-9-13-8-14(11-15)12-16(17)10-13/h13-18H,1-12H2. The van der Waals surface area contributed by atoms with Gasteiger partial charge in [-0.25, -0.2) is 0 Å². The molecule has 2 heteroatoms. The third-order valence-corrected chi connectivity index (χ3v) is 6.48. The predicted molar refractivity (Wildman–Crippen MR) is 79.1 cm³/mol. The summed E-state index contributed by atoms with van der Waals surface area (Å²) in [6.07, 6.45) is 12.1. The van der Waals surface area contributed by atoms with Crippen molar-refractivity contribution in [1.82, 2.24) is 10.2 Å². The lowest BCUT2D eigenvalue weighted by molar-refractivity contribution is -0.0142. The van der Waals surface area contributed by atoms with Crippen LogP contribution in [0.2, 0.25) is 0 Å². The second-order valence-corrected chi connectivity index (χ2v) is 7.81. The van der Waals surface area contributed by atoms with Crippen LogP contribution < -0.4 is 5.32 Å². The van der Waals surface area contributed by atoms with Crippen molar-refractivity contribution in [2.24, 2.45) is 23.7 Å². The van der Waals surface area contributed by atoms with E-state index < -0.39 is 0 Å². The molecule has 4 aliphatic carbocycles. The Balaban J connectivity index is 1.26. The van der Waals surface area contributed by atoms with E-state index in [9.17, 15) is 0 Å². The Morgan fingerprint density at radius 3 is 2.05 bits per heavy atom. The maximum absolute atomic E-state index is 3.97. The lowest BCUT2D eigenvalue weighted by atomic mass is 9.54. The highest BCUT2D eigenvalue weighted by Gasteiger charge is 2.47. The zero-order valence-electron chi connectivity index (χ0n) is 12.3. The SMILES string of the molecule is C1CCN(CCNC2C3CC4CC(C3)CC2C4)CC1. The van der Waals surface area contributed by atoms with E-state index in [-0.39, 0.29) is 0 Å². The minimum atomic E-state index is 0.887. The molecule has 0 amide bonds. The summed E-state index contributed by atoms with van der Waals surface area (Å²) in [5.41, 5.74) is 0. The molecule has 0 radical (unpaired) electrons. The highest BCUT2D eigenvalue weighted by Crippen LogP contribution is 2.53. The van der Waals surface area contributed by atoms with Crippen molar-refractivity contribution in [3.8, 4) is 0 Å². The molecule has 0 atom stereocenters. The number of likely N-dealkylation sites (tertiary alicyclic amines) is 1. The Morgan fingerprint density at radius 2 is 1.42 bits per heavy atom. The van der Waals surface area contributed by atoms with Crippen molar-refractivity contribution in [3.05, 3.63) is 0 Å². The van der Waals surface area contributed by atoms with Gasteiger partial charge in [0.2, 0.25) is 0 Å². The molecule has 0 spiro atoms. The number of nitrogens with zero attached hydrogens (tertiary/aromatic N) is 1. The minimum Gasteiger partial charge on any atom is -0.312 e. The van der Waals surface area contributed by atoms with Crippen LogP contribution in [0.1, 0.15) is 51.4 Å². The summed E-state index contributed by atoms with van der Waals surface area (Å²) in [4.78, 5) is 2.67. The highest BCUT2D eigenvalue weighted by molar-refractivity contribution is 5.01. The van der Waals surface area contributed by atoms with Gasteiger partial charge < -0.3 is 10.2 Å². The summed E-state index contributed by atoms with van der Waals surface area (Å²) in [5.74, 6) is 4.31. The topological polar surface area (TPSA) is 15.3 Å². The molecule has 5 rings (SSSR count). The minimum absolute atomic E-state index is 0.887. The van der Waals surface area contributed by atoms with Gasteiger partial charge in [0.05, 0.1) is 0 Å². The van der Waals surface area contributed by atoms with Gasteiger partial charge in [-0.1, -0.05) is 6.42 Å². The van der Waals surface area contributed by atoms with Crippen LogP contribution in [0.15, 0.2) is 0 Å². The first-order valence-electron chi connectivity index (χ1n) is 8.84. The van der Waals surface area contributed by atoms with E-state index >= 15 is 0 Å². The van der Waals surface area contributed by atoms with E-state index in [2.05, 4.69) is 10.2 Å². The molecular formula is C17H30N2. The van der Waals surface area contributed by atoms with Crippen LogP contribution in [0.5, 0.6) is 0 Å². The molecule has 1 saturated heterocycles. The Hall–Kier alpha value is -0.0800. The lowest BCUT2D eigenvalue weighted by Crippen LogP contribution is -2.55. The van der Waals surface area contributed by atoms with Crippen molar-refractivity contribution >= 4 is 0 Å². The number of hydrogen-bond donors (Lipinski definition) is 1. The van der Waals surface area contributed by atoms with Gasteiger partial charge in [0.25, 0.3) is 0 Å². The third kappa shape index (κ3) is 2.58. The van der Waals surface area contributed by atoms with Crippen molar-refractivity contribution in [3.63, 3.8) is 0 Å². The first kappa shape index (κ1) is 12.6. The van der Waals surface area contributed by atoms with Gasteiger partial charge in [0, 0.05) is 19.1 Å². The van der Waals surface area contributed by atoms with Crippen molar-refractivity contribution < 1.29 is 0 Å². The number of hydrogen-bond acceptors (Lipinski definition) is 2. The van der Waals surface area contributed by atoms with Gasteiger partial charge in [-0.15, -0.1) is 0 Å². The molecule has 4 bridgehead atoms. The zero-order chi connectivity index (χ0) is 12.7. The highest BCUT2D eigenvalue weighted by atomic mass is 15.1. The van der Waals surface area contributed by atoms with Gasteiger partial charge in [0.1, 0.15) is 0 Å². The van der Waals surface area contributed by atoms with E-state index in [0.717, 1.165) is 29.7 Å². The van der Waals surface area contributed by atoms with Crippen LogP contribution in [-0.4, -0.2) is 37.1 Å². The fourth-order valence-corrected chi connectivity index (χ4v) is 5.83. The quantitative estimate of drug-likeness (QED) is 0.838. The molecule has 0 aromatic heterocycles. The van der Waals surface area contributed by atoms with Gasteiger partial charge >= 0.3 is 0 Å². The van der Waals surface area contributed by atoms with Crippen LogP contribution in [0.3, 0.4) is 0 Å². The second kappa shape index (κ2) is 5.37. The molecular weight excluding hydrogens is 232 g/mol. The molecule has 5 aliphatic rings. The normalized spacial score (nSPS) is 45.8. The Labute approximate surface area is 118 Å². The summed E-state index contributed by atoms with van der Waals surface area (Å²) in [7, 11) is 0. The largest absolute Gasteiger partial charge is 0.312 e. The molecule has 4 saturated carbocycles. The van der Waals surface area contributed by atoms with Crippen molar-refractivity contribution in [1.29, 1.82) is 0 Å². The lowest BCUT2D eigenvalue weighted by Gasteiger charge is -2.54. The molecule has 5 fully saturated rings. The van der Waals surface area contributed by atoms with Crippen LogP contribution in [0.4, 0.5) is 0 Å². The Kier molecular flexibility index (Phi) is 3.57. The van der Waals surface area contributed by atoms with E-state index in [0.29, 0.717) is 0 Å². The van der Waals surface area contributed by atoms with Crippen LogP contribution in [0.25, 0.3) is 0 Å². The molecule has 1 aliphatic heterocycles. The Bertz CT molecular complexity index is 280. The third-order valence-electron chi connectivity index (χ3n) is 6.48. The van der Waals surface area contributed by atoms with Gasteiger partial charge in [-0.3, -0.25) is 0 Å². The molecule has 1 heterocycles. The number of nitrogens with one attached hydrogen (secondary N) is 1. The summed E-state index contributed by atoms with van der Waals surface area (Å²) < 4.78 is 0. The van der Waals surface area contributed by atoms with E-state index in [1.54, 1.807) is 32.1 Å². The first-order chi connectivity index (χ1) is 9.38. The molecule has 1 N–H and O–H groups in total. The summed E-state index contributed by atoms with van der Waals surface area (Å²) >= 11 is 0. The van der Waals surface area contributed by atoms with Gasteiger partial charge in [-0.2, -0.15) is 0 Å². The molecule has 108 valence electrons. The van der Waals surface area contributed by atoms with Crippen LogP contribution in [0, 0.1) is 23.7 Å². The Morgan fingerprint density at radius 1 is 0.789 bits per heavy atom. The number of piperidine rings is 1. The fraction of sp³-hybridized carbons (Fsp3) is 1.00. The zero-order valence-corrected chi connectivity index (χ0v) is 12.3. The van der Waals surface area contributed by atoms with E-state index in [1.165, 1.54) is 45.4 Å². The average molecular weight is 262 g/mol. The maximum Gasteiger partial charge on any atom is 0.0124 e. The smallest absolute Gasteiger partial charge is 0.0124 e. The monoisotopic (exact) mass is 262 g/mol. The van der Waals surface area contributed by atoms with Crippen molar-refractivity contribution in [2.75, 3.05) is 26.2 Å². The maximum atomic E-state index is 3.97. The average Bonchev–Trinajstić information content (AvgIpc) is 2.42. The van der Waals surface area contributed by atoms with Crippen LogP contribution >= 0.6 is 0 Å².